The Kier molecular flexibility index (Phi) is 9.20. The zero-order valence-electron chi connectivity index (χ0n) is 7.62. The van der Waals surface area contributed by atoms with Gasteiger partial charge in [-0.25, -0.2) is 9.59 Å². The summed E-state index contributed by atoms with van der Waals surface area (Å²) in [5, 5.41) is 40.4. The molecule has 0 rings (SSSR count). The number of hydrogen-bond donors (Lipinski definition) is 5. The Hall–Kier alpha value is -1.18. The van der Waals surface area contributed by atoms with Crippen molar-refractivity contribution in [3.8, 4) is 0 Å². The first-order valence-electron chi connectivity index (χ1n) is 3.81. The van der Waals surface area contributed by atoms with Gasteiger partial charge in [-0.15, -0.1) is 0 Å². The standard InChI is InChI=1S/C4H6O6.C3H8O/c5-1(3(7)8)2(6)4(9)10;1-2-3-4/h1-2,5-6H,(H,7,8)(H,9,10);4H,2-3H2,1H3. The van der Waals surface area contributed by atoms with Crippen LogP contribution in [0.3, 0.4) is 0 Å². The van der Waals surface area contributed by atoms with E-state index in [2.05, 4.69) is 0 Å². The summed E-state index contributed by atoms with van der Waals surface area (Å²) in [7, 11) is 0. The number of carbonyl (C=O) groups is 2. The van der Waals surface area contributed by atoms with Crippen LogP contribution in [-0.4, -0.2) is 56.3 Å². The van der Waals surface area contributed by atoms with Crippen molar-refractivity contribution in [3.05, 3.63) is 0 Å². The lowest BCUT2D eigenvalue weighted by Crippen LogP contribution is -2.39. The first-order valence-corrected chi connectivity index (χ1v) is 3.81. The number of aliphatic carboxylic acids is 2. The van der Waals surface area contributed by atoms with Crippen LogP contribution in [0.4, 0.5) is 0 Å². The maximum absolute atomic E-state index is 9.77. The Balaban J connectivity index is 0. The van der Waals surface area contributed by atoms with Gasteiger partial charge >= 0.3 is 11.9 Å². The van der Waals surface area contributed by atoms with Gasteiger partial charge in [0.1, 0.15) is 0 Å². The summed E-state index contributed by atoms with van der Waals surface area (Å²) >= 11 is 0. The Morgan fingerprint density at radius 2 is 1.29 bits per heavy atom. The highest BCUT2D eigenvalue weighted by molar-refractivity contribution is 5.82. The van der Waals surface area contributed by atoms with Crippen LogP contribution >= 0.6 is 0 Å². The number of carboxylic acids is 2. The second-order valence-corrected chi connectivity index (χ2v) is 2.29. The fraction of sp³-hybridized carbons (Fsp3) is 0.714. The summed E-state index contributed by atoms with van der Waals surface area (Å²) in [6.07, 6.45) is -3.66. The van der Waals surface area contributed by atoms with Crippen LogP contribution < -0.4 is 0 Å². The average Bonchev–Trinajstić information content (AvgIpc) is 2.15. The monoisotopic (exact) mass is 210 g/mol. The third-order valence-corrected chi connectivity index (χ3v) is 1.03. The Morgan fingerprint density at radius 3 is 1.36 bits per heavy atom. The number of aliphatic hydroxyl groups excluding tert-OH is 3. The van der Waals surface area contributed by atoms with Crippen LogP contribution in [0.25, 0.3) is 0 Å². The van der Waals surface area contributed by atoms with E-state index >= 15 is 0 Å². The Bertz CT molecular complexity index is 159. The fourth-order valence-electron chi connectivity index (χ4n) is 0.270. The van der Waals surface area contributed by atoms with E-state index in [0.717, 1.165) is 6.42 Å². The summed E-state index contributed by atoms with van der Waals surface area (Å²) in [6, 6.07) is 0. The van der Waals surface area contributed by atoms with Gasteiger partial charge in [0.05, 0.1) is 0 Å². The molecule has 0 spiro atoms. The minimum Gasteiger partial charge on any atom is -0.479 e. The first kappa shape index (κ1) is 15.3. The molecule has 0 aliphatic carbocycles. The van der Waals surface area contributed by atoms with Crippen molar-refractivity contribution in [2.24, 2.45) is 0 Å². The number of hydrogen-bond acceptors (Lipinski definition) is 5. The third-order valence-electron chi connectivity index (χ3n) is 1.03. The number of rotatable bonds is 4. The van der Waals surface area contributed by atoms with Crippen molar-refractivity contribution in [1.82, 2.24) is 0 Å². The lowest BCUT2D eigenvalue weighted by Gasteiger charge is -2.07. The van der Waals surface area contributed by atoms with Crippen LogP contribution in [0.15, 0.2) is 0 Å². The van der Waals surface area contributed by atoms with E-state index in [0.29, 0.717) is 6.61 Å². The van der Waals surface area contributed by atoms with E-state index in [4.69, 9.17) is 25.5 Å². The van der Waals surface area contributed by atoms with Gasteiger partial charge in [0.15, 0.2) is 12.2 Å². The minimum atomic E-state index is -2.27. The van der Waals surface area contributed by atoms with Crippen molar-refractivity contribution in [3.63, 3.8) is 0 Å². The SMILES string of the molecule is CCCO.O=C(O)C(O)C(O)C(=O)O. The van der Waals surface area contributed by atoms with E-state index in [-0.39, 0.29) is 0 Å². The van der Waals surface area contributed by atoms with Crippen LogP contribution in [0, 0.1) is 0 Å². The van der Waals surface area contributed by atoms with E-state index in [9.17, 15) is 9.59 Å². The zero-order valence-corrected chi connectivity index (χ0v) is 7.62. The van der Waals surface area contributed by atoms with Gasteiger partial charge in [0, 0.05) is 6.61 Å². The molecule has 7 heteroatoms. The largest absolute Gasteiger partial charge is 0.479 e. The quantitative estimate of drug-likeness (QED) is 0.372. The highest BCUT2D eigenvalue weighted by atomic mass is 16.4. The first-order chi connectivity index (χ1) is 6.38. The molecule has 0 aromatic heterocycles. The Morgan fingerprint density at radius 1 is 1.07 bits per heavy atom. The maximum Gasteiger partial charge on any atom is 0.335 e. The summed E-state index contributed by atoms with van der Waals surface area (Å²) in [6.45, 7) is 2.25. The molecular weight excluding hydrogens is 196 g/mol. The predicted octanol–water partition coefficient (Wildman–Crippen LogP) is -1.73. The van der Waals surface area contributed by atoms with Crippen molar-refractivity contribution >= 4 is 11.9 Å². The number of carboxylic acid groups (broad SMARTS) is 2. The minimum absolute atomic E-state index is 0.319. The van der Waals surface area contributed by atoms with E-state index in [1.807, 2.05) is 6.92 Å². The van der Waals surface area contributed by atoms with E-state index in [1.165, 1.54) is 0 Å². The van der Waals surface area contributed by atoms with Crippen molar-refractivity contribution < 1.29 is 35.1 Å². The Labute approximate surface area is 80.2 Å². The normalized spacial score (nSPS) is 13.4. The van der Waals surface area contributed by atoms with Crippen molar-refractivity contribution in [1.29, 1.82) is 0 Å². The van der Waals surface area contributed by atoms with E-state index < -0.39 is 24.1 Å². The molecule has 84 valence electrons. The predicted molar refractivity (Wildman–Crippen MR) is 44.7 cm³/mol. The molecule has 0 aliphatic heterocycles. The second kappa shape index (κ2) is 8.42. The molecule has 0 fully saturated rings. The molecule has 0 amide bonds. The topological polar surface area (TPSA) is 135 Å². The van der Waals surface area contributed by atoms with E-state index in [1.54, 1.807) is 0 Å². The van der Waals surface area contributed by atoms with Crippen LogP contribution in [0.5, 0.6) is 0 Å². The number of aliphatic hydroxyl groups is 3. The molecule has 0 heterocycles. The molecule has 7 nitrogen and oxygen atoms in total. The smallest absolute Gasteiger partial charge is 0.335 e. The molecule has 0 aromatic carbocycles. The van der Waals surface area contributed by atoms with Gasteiger partial charge in [-0.3, -0.25) is 0 Å². The summed E-state index contributed by atoms with van der Waals surface area (Å²) in [5.74, 6) is -3.54. The molecule has 14 heavy (non-hydrogen) atoms. The molecule has 0 radical (unpaired) electrons. The van der Waals surface area contributed by atoms with Crippen molar-refractivity contribution in [2.75, 3.05) is 6.61 Å². The van der Waals surface area contributed by atoms with Gasteiger partial charge in [-0.1, -0.05) is 6.92 Å². The van der Waals surface area contributed by atoms with Crippen LogP contribution in [0.1, 0.15) is 13.3 Å². The zero-order chi connectivity index (χ0) is 11.7. The van der Waals surface area contributed by atoms with Gasteiger partial charge in [0.2, 0.25) is 0 Å². The molecular formula is C7H14O7. The van der Waals surface area contributed by atoms with Gasteiger partial charge in [-0.2, -0.15) is 0 Å². The van der Waals surface area contributed by atoms with Crippen LogP contribution in [0.2, 0.25) is 0 Å². The van der Waals surface area contributed by atoms with Crippen LogP contribution in [-0.2, 0) is 9.59 Å². The molecule has 0 bridgehead atoms. The molecule has 0 saturated carbocycles. The molecule has 0 saturated heterocycles. The highest BCUT2D eigenvalue weighted by Crippen LogP contribution is 1.92. The summed E-state index contributed by atoms with van der Waals surface area (Å²) in [4.78, 5) is 19.5. The lowest BCUT2D eigenvalue weighted by molar-refractivity contribution is -0.165. The third kappa shape index (κ3) is 7.47. The summed E-state index contributed by atoms with van der Waals surface area (Å²) < 4.78 is 0. The fourth-order valence-corrected chi connectivity index (χ4v) is 0.270. The van der Waals surface area contributed by atoms with Crippen molar-refractivity contribution in [2.45, 2.75) is 25.6 Å². The average molecular weight is 210 g/mol. The lowest BCUT2D eigenvalue weighted by atomic mass is 10.2. The molecule has 2 atom stereocenters. The maximum atomic E-state index is 9.77. The molecule has 0 aromatic rings. The van der Waals surface area contributed by atoms with Gasteiger partial charge in [0.25, 0.3) is 0 Å². The highest BCUT2D eigenvalue weighted by Gasteiger charge is 2.29. The molecule has 2 unspecified atom stereocenters. The van der Waals surface area contributed by atoms with Gasteiger partial charge in [-0.05, 0) is 6.42 Å². The molecule has 5 N–H and O–H groups in total. The second-order valence-electron chi connectivity index (χ2n) is 2.29. The summed E-state index contributed by atoms with van der Waals surface area (Å²) in [5.41, 5.74) is 0. The van der Waals surface area contributed by atoms with Gasteiger partial charge < -0.3 is 25.5 Å². The molecule has 0 aliphatic rings.